The number of carbonyl (C=O) groups is 1. The lowest BCUT2D eigenvalue weighted by atomic mass is 10.3. The molecule has 2 rings (SSSR count). The molecule has 1 aromatic carbocycles. The van der Waals surface area contributed by atoms with Gasteiger partial charge in [-0.05, 0) is 12.1 Å². The molecule has 0 saturated heterocycles. The van der Waals surface area contributed by atoms with Gasteiger partial charge in [0, 0.05) is 12.2 Å². The molecule has 0 aromatic heterocycles. The van der Waals surface area contributed by atoms with E-state index in [-0.39, 0.29) is 5.91 Å². The van der Waals surface area contributed by atoms with Gasteiger partial charge in [0.1, 0.15) is 5.75 Å². The van der Waals surface area contributed by atoms with E-state index in [0.717, 1.165) is 22.1 Å². The van der Waals surface area contributed by atoms with Crippen molar-refractivity contribution < 1.29 is 9.53 Å². The smallest absolute Gasteiger partial charge is 0.225 e. The quantitative estimate of drug-likeness (QED) is 0.770. The molecule has 1 aromatic rings. The number of benzene rings is 1. The maximum atomic E-state index is 11.3. The second-order valence-corrected chi connectivity index (χ2v) is 4.09. The van der Waals surface area contributed by atoms with E-state index < -0.39 is 0 Å². The third-order valence-electron chi connectivity index (χ3n) is 2.05. The van der Waals surface area contributed by atoms with Gasteiger partial charge in [0.25, 0.3) is 0 Å². The van der Waals surface area contributed by atoms with Gasteiger partial charge in [0.15, 0.2) is 0 Å². The minimum Gasteiger partial charge on any atom is -0.496 e. The second-order valence-electron chi connectivity index (χ2n) is 2.98. The van der Waals surface area contributed by atoms with Crippen molar-refractivity contribution in [2.24, 2.45) is 0 Å². The van der Waals surface area contributed by atoms with Crippen LogP contribution in [0.4, 0.5) is 5.69 Å². The summed E-state index contributed by atoms with van der Waals surface area (Å²) in [5, 5.41) is 2.86. The highest BCUT2D eigenvalue weighted by Crippen LogP contribution is 2.38. The van der Waals surface area contributed by atoms with E-state index in [1.807, 2.05) is 18.2 Å². The number of ether oxygens (including phenoxy) is 1. The van der Waals surface area contributed by atoms with E-state index in [9.17, 15) is 4.79 Å². The monoisotopic (exact) mass is 209 g/mol. The summed E-state index contributed by atoms with van der Waals surface area (Å²) in [6, 6.07) is 5.68. The molecule has 0 saturated carbocycles. The molecule has 0 radical (unpaired) electrons. The summed E-state index contributed by atoms with van der Waals surface area (Å²) < 4.78 is 5.23. The molecule has 0 bridgehead atoms. The summed E-state index contributed by atoms with van der Waals surface area (Å²) in [5.41, 5.74) is 0.858. The molecule has 1 aliphatic rings. The predicted octanol–water partition coefficient (Wildman–Crippen LogP) is 2.13. The highest BCUT2D eigenvalue weighted by atomic mass is 32.2. The molecule has 1 amide bonds. The molecule has 1 heterocycles. The van der Waals surface area contributed by atoms with Gasteiger partial charge in [0.2, 0.25) is 5.91 Å². The number of hydrogen-bond acceptors (Lipinski definition) is 3. The van der Waals surface area contributed by atoms with Crippen LogP contribution in [0.3, 0.4) is 0 Å². The fraction of sp³-hybridized carbons (Fsp3) is 0.300. The fourth-order valence-electron chi connectivity index (χ4n) is 1.38. The summed E-state index contributed by atoms with van der Waals surface area (Å²) >= 11 is 1.66. The Morgan fingerprint density at radius 2 is 2.36 bits per heavy atom. The Morgan fingerprint density at radius 3 is 3.14 bits per heavy atom. The summed E-state index contributed by atoms with van der Waals surface area (Å²) in [5.74, 6) is 1.71. The van der Waals surface area contributed by atoms with Crippen molar-refractivity contribution in [3.8, 4) is 5.75 Å². The average molecular weight is 209 g/mol. The Labute approximate surface area is 86.8 Å². The normalized spacial score (nSPS) is 15.4. The van der Waals surface area contributed by atoms with Gasteiger partial charge in [-0.15, -0.1) is 11.8 Å². The predicted molar refractivity (Wildman–Crippen MR) is 57.0 cm³/mol. The van der Waals surface area contributed by atoms with Gasteiger partial charge in [0.05, 0.1) is 17.7 Å². The van der Waals surface area contributed by atoms with Gasteiger partial charge in [-0.1, -0.05) is 6.07 Å². The number of fused-ring (bicyclic) bond motifs is 1. The number of rotatable bonds is 1. The van der Waals surface area contributed by atoms with Crippen LogP contribution < -0.4 is 10.1 Å². The third-order valence-corrected chi connectivity index (χ3v) is 3.17. The second kappa shape index (κ2) is 3.92. The van der Waals surface area contributed by atoms with Crippen molar-refractivity contribution in [1.82, 2.24) is 0 Å². The first-order valence-corrected chi connectivity index (χ1v) is 5.39. The van der Waals surface area contributed by atoms with Crippen LogP contribution in [0.1, 0.15) is 6.42 Å². The minimum absolute atomic E-state index is 0.0736. The van der Waals surface area contributed by atoms with Gasteiger partial charge in [-0.3, -0.25) is 4.79 Å². The zero-order valence-electron chi connectivity index (χ0n) is 7.87. The maximum Gasteiger partial charge on any atom is 0.225 e. The van der Waals surface area contributed by atoms with Gasteiger partial charge < -0.3 is 10.1 Å². The van der Waals surface area contributed by atoms with Crippen LogP contribution in [0.15, 0.2) is 23.1 Å². The van der Waals surface area contributed by atoms with Gasteiger partial charge >= 0.3 is 0 Å². The van der Waals surface area contributed by atoms with Gasteiger partial charge in [-0.25, -0.2) is 0 Å². The molecule has 1 N–H and O–H groups in total. The summed E-state index contributed by atoms with van der Waals surface area (Å²) in [4.78, 5) is 12.3. The summed E-state index contributed by atoms with van der Waals surface area (Å²) in [6.07, 6.45) is 0.558. The first kappa shape index (κ1) is 9.40. The van der Waals surface area contributed by atoms with Gasteiger partial charge in [-0.2, -0.15) is 0 Å². The standard InChI is InChI=1S/C10H11NO2S/c1-13-8-4-2-3-7-10(8)14-6-5-9(12)11-7/h2-4H,5-6H2,1H3,(H,11,12). The number of carbonyl (C=O) groups excluding carboxylic acids is 1. The minimum atomic E-state index is 0.0736. The highest BCUT2D eigenvalue weighted by Gasteiger charge is 2.16. The Balaban J connectivity index is 2.43. The Morgan fingerprint density at radius 1 is 1.50 bits per heavy atom. The van der Waals surface area contributed by atoms with Crippen LogP contribution >= 0.6 is 11.8 Å². The molecule has 0 aliphatic carbocycles. The van der Waals surface area contributed by atoms with E-state index >= 15 is 0 Å². The molecule has 0 atom stereocenters. The van der Waals surface area contributed by atoms with Crippen molar-refractivity contribution in [1.29, 1.82) is 0 Å². The molecular weight excluding hydrogens is 198 g/mol. The Bertz CT molecular complexity index is 365. The van der Waals surface area contributed by atoms with Crippen LogP contribution in [-0.4, -0.2) is 18.8 Å². The molecule has 0 unspecified atom stereocenters. The van der Waals surface area contributed by atoms with E-state index in [2.05, 4.69) is 5.32 Å². The molecule has 0 spiro atoms. The van der Waals surface area contributed by atoms with E-state index in [4.69, 9.17) is 4.74 Å². The lowest BCUT2D eigenvalue weighted by Crippen LogP contribution is -2.10. The number of anilines is 1. The van der Waals surface area contributed by atoms with Crippen LogP contribution in [0.5, 0.6) is 5.75 Å². The fourth-order valence-corrected chi connectivity index (χ4v) is 2.44. The van der Waals surface area contributed by atoms with Crippen LogP contribution in [0, 0.1) is 0 Å². The lowest BCUT2D eigenvalue weighted by molar-refractivity contribution is -0.115. The van der Waals surface area contributed by atoms with Crippen LogP contribution in [-0.2, 0) is 4.79 Å². The van der Waals surface area contributed by atoms with Crippen molar-refractivity contribution in [3.05, 3.63) is 18.2 Å². The highest BCUT2D eigenvalue weighted by molar-refractivity contribution is 7.99. The van der Waals surface area contributed by atoms with Crippen molar-refractivity contribution in [3.63, 3.8) is 0 Å². The first-order valence-electron chi connectivity index (χ1n) is 4.41. The zero-order valence-corrected chi connectivity index (χ0v) is 8.69. The van der Waals surface area contributed by atoms with E-state index in [1.165, 1.54) is 0 Å². The molecule has 4 heteroatoms. The molecular formula is C10H11NO2S. The van der Waals surface area contributed by atoms with Crippen molar-refractivity contribution >= 4 is 23.4 Å². The molecule has 14 heavy (non-hydrogen) atoms. The topological polar surface area (TPSA) is 38.3 Å². The molecule has 1 aliphatic heterocycles. The zero-order chi connectivity index (χ0) is 9.97. The Kier molecular flexibility index (Phi) is 2.63. The molecule has 74 valence electrons. The van der Waals surface area contributed by atoms with Crippen molar-refractivity contribution in [2.75, 3.05) is 18.2 Å². The maximum absolute atomic E-state index is 11.3. The largest absolute Gasteiger partial charge is 0.496 e. The summed E-state index contributed by atoms with van der Waals surface area (Å²) in [7, 11) is 1.64. The lowest BCUT2D eigenvalue weighted by Gasteiger charge is -2.09. The number of amides is 1. The Hall–Kier alpha value is -1.16. The van der Waals surface area contributed by atoms with Crippen molar-refractivity contribution in [2.45, 2.75) is 11.3 Å². The first-order chi connectivity index (χ1) is 6.81. The molecule has 3 nitrogen and oxygen atoms in total. The number of methoxy groups -OCH3 is 1. The van der Waals surface area contributed by atoms with E-state index in [1.54, 1.807) is 18.9 Å². The summed E-state index contributed by atoms with van der Waals surface area (Å²) in [6.45, 7) is 0. The van der Waals surface area contributed by atoms with E-state index in [0.29, 0.717) is 6.42 Å². The number of thioether (sulfide) groups is 1. The van der Waals surface area contributed by atoms with Crippen LogP contribution in [0.2, 0.25) is 0 Å². The third kappa shape index (κ3) is 1.70. The molecule has 0 fully saturated rings. The van der Waals surface area contributed by atoms with Crippen LogP contribution in [0.25, 0.3) is 0 Å². The number of hydrogen-bond donors (Lipinski definition) is 1. The average Bonchev–Trinajstić information content (AvgIpc) is 2.37. The number of nitrogens with one attached hydrogen (secondary N) is 1. The SMILES string of the molecule is COc1cccc2c1SCCC(=O)N2.